The molecule has 0 spiro atoms. The number of ether oxygens (including phenoxy) is 2. The Kier molecular flexibility index (Phi) is 4.50. The third-order valence-corrected chi connectivity index (χ3v) is 5.20. The van der Waals surface area contributed by atoms with E-state index in [1.165, 1.54) is 13.2 Å². The van der Waals surface area contributed by atoms with E-state index in [-0.39, 0.29) is 17.0 Å². The van der Waals surface area contributed by atoms with Crippen molar-refractivity contribution in [1.82, 2.24) is 4.72 Å². The molecule has 0 heterocycles. The summed E-state index contributed by atoms with van der Waals surface area (Å²) in [6.45, 7) is 0. The number of hydrogen-bond acceptors (Lipinski definition) is 4. The molecule has 2 rings (SSSR count). The molecule has 5 nitrogen and oxygen atoms in total. The Bertz CT molecular complexity index is 555. The number of rotatable bonds is 5. The third kappa shape index (κ3) is 3.28. The summed E-state index contributed by atoms with van der Waals surface area (Å²) in [5.41, 5.74) is 0. The maximum atomic E-state index is 12.3. The van der Waals surface area contributed by atoms with Crippen molar-refractivity contribution >= 4 is 26.0 Å². The average molecular weight is 350 g/mol. The minimum Gasteiger partial charge on any atom is -0.495 e. The highest BCUT2D eigenvalue weighted by atomic mass is 79.9. The molecule has 0 aliphatic heterocycles. The number of halogens is 1. The molecule has 1 aromatic carbocycles. The van der Waals surface area contributed by atoms with Crippen LogP contribution in [0.4, 0.5) is 0 Å². The maximum Gasteiger partial charge on any atom is 0.244 e. The normalized spacial score (nSPS) is 22.9. The lowest BCUT2D eigenvalue weighted by atomic mass is 9.90. The maximum absolute atomic E-state index is 12.3. The Balaban J connectivity index is 2.18. The fraction of sp³-hybridized carbons (Fsp3) is 0.500. The predicted octanol–water partition coefficient (Wildman–Crippen LogP) is 1.91. The van der Waals surface area contributed by atoms with Crippen LogP contribution in [-0.4, -0.2) is 34.8 Å². The van der Waals surface area contributed by atoms with Crippen LogP contribution in [0, 0.1) is 0 Å². The SMILES string of the molecule is COc1ccc(Br)cc1S(=O)(=O)NC1CC(OC)C1. The molecule has 0 aromatic heterocycles. The zero-order chi connectivity index (χ0) is 14.0. The van der Waals surface area contributed by atoms with E-state index in [2.05, 4.69) is 20.7 Å². The van der Waals surface area contributed by atoms with Gasteiger partial charge in [0.1, 0.15) is 10.6 Å². The molecule has 0 saturated heterocycles. The Labute approximate surface area is 121 Å². The van der Waals surface area contributed by atoms with Crippen LogP contribution in [0.2, 0.25) is 0 Å². The zero-order valence-corrected chi connectivity index (χ0v) is 13.1. The van der Waals surface area contributed by atoms with Gasteiger partial charge in [0.25, 0.3) is 0 Å². The van der Waals surface area contributed by atoms with E-state index in [9.17, 15) is 8.42 Å². The van der Waals surface area contributed by atoms with Crippen LogP contribution in [0.15, 0.2) is 27.6 Å². The van der Waals surface area contributed by atoms with Crippen molar-refractivity contribution in [3.63, 3.8) is 0 Å². The summed E-state index contributed by atoms with van der Waals surface area (Å²) in [6.07, 6.45) is 1.55. The van der Waals surface area contributed by atoms with Gasteiger partial charge in [0.2, 0.25) is 10.0 Å². The zero-order valence-electron chi connectivity index (χ0n) is 10.7. The van der Waals surface area contributed by atoms with Crippen LogP contribution in [0.5, 0.6) is 5.75 Å². The first kappa shape index (κ1) is 14.8. The summed E-state index contributed by atoms with van der Waals surface area (Å²) in [4.78, 5) is 0.144. The predicted molar refractivity (Wildman–Crippen MR) is 74.8 cm³/mol. The number of hydrogen-bond donors (Lipinski definition) is 1. The van der Waals surface area contributed by atoms with E-state index < -0.39 is 10.0 Å². The van der Waals surface area contributed by atoms with E-state index in [1.807, 2.05) is 0 Å². The van der Waals surface area contributed by atoms with Crippen molar-refractivity contribution in [1.29, 1.82) is 0 Å². The number of sulfonamides is 1. The lowest BCUT2D eigenvalue weighted by Crippen LogP contribution is -2.47. The Morgan fingerprint density at radius 1 is 1.32 bits per heavy atom. The minimum atomic E-state index is -3.58. The van der Waals surface area contributed by atoms with Crippen molar-refractivity contribution in [3.05, 3.63) is 22.7 Å². The molecule has 0 amide bonds. The molecule has 1 aliphatic carbocycles. The van der Waals surface area contributed by atoms with Crippen molar-refractivity contribution in [2.24, 2.45) is 0 Å². The van der Waals surface area contributed by atoms with Crippen LogP contribution in [0.25, 0.3) is 0 Å². The van der Waals surface area contributed by atoms with Gasteiger partial charge in [0.05, 0.1) is 13.2 Å². The van der Waals surface area contributed by atoms with Gasteiger partial charge in [-0.25, -0.2) is 13.1 Å². The van der Waals surface area contributed by atoms with Gasteiger partial charge in [-0.2, -0.15) is 0 Å². The minimum absolute atomic E-state index is 0.0707. The standard InChI is InChI=1S/C12H16BrNO4S/c1-17-10-6-9(7-10)14-19(15,16)12-5-8(13)3-4-11(12)18-2/h3-5,9-10,14H,6-7H2,1-2H3. The lowest BCUT2D eigenvalue weighted by molar-refractivity contribution is 0.0236. The van der Waals surface area contributed by atoms with Gasteiger partial charge in [0.15, 0.2) is 0 Å². The molecule has 0 radical (unpaired) electrons. The molecule has 106 valence electrons. The summed E-state index contributed by atoms with van der Waals surface area (Å²) in [5.74, 6) is 0.332. The molecule has 1 aliphatic rings. The molecule has 7 heteroatoms. The molecule has 1 N–H and O–H groups in total. The smallest absolute Gasteiger partial charge is 0.244 e. The monoisotopic (exact) mass is 349 g/mol. The molecule has 0 bridgehead atoms. The second-order valence-corrected chi connectivity index (χ2v) is 7.04. The molecule has 1 aromatic rings. The summed E-state index contributed by atoms with van der Waals surface area (Å²) in [6, 6.07) is 4.83. The van der Waals surface area contributed by atoms with Crippen LogP contribution in [-0.2, 0) is 14.8 Å². The summed E-state index contributed by atoms with van der Waals surface area (Å²) in [7, 11) is -0.495. The van der Waals surface area contributed by atoms with Gasteiger partial charge in [-0.05, 0) is 31.0 Å². The molecule has 19 heavy (non-hydrogen) atoms. The van der Waals surface area contributed by atoms with Crippen LogP contribution >= 0.6 is 15.9 Å². The van der Waals surface area contributed by atoms with Crippen LogP contribution < -0.4 is 9.46 Å². The highest BCUT2D eigenvalue weighted by molar-refractivity contribution is 9.10. The Morgan fingerprint density at radius 2 is 2.00 bits per heavy atom. The molecule has 1 fully saturated rings. The van der Waals surface area contributed by atoms with Gasteiger partial charge in [-0.3, -0.25) is 0 Å². The van der Waals surface area contributed by atoms with E-state index in [0.717, 1.165) is 0 Å². The Hall–Kier alpha value is -0.630. The molecular weight excluding hydrogens is 334 g/mol. The third-order valence-electron chi connectivity index (χ3n) is 3.17. The van der Waals surface area contributed by atoms with Crippen molar-refractivity contribution in [2.75, 3.05) is 14.2 Å². The molecule has 0 atom stereocenters. The van der Waals surface area contributed by atoms with Crippen LogP contribution in [0.1, 0.15) is 12.8 Å². The first-order chi connectivity index (χ1) is 8.96. The number of benzene rings is 1. The summed E-state index contributed by atoms with van der Waals surface area (Å²) >= 11 is 3.27. The van der Waals surface area contributed by atoms with Gasteiger partial charge >= 0.3 is 0 Å². The van der Waals surface area contributed by atoms with Gasteiger partial charge in [0, 0.05) is 17.6 Å². The highest BCUT2D eigenvalue weighted by Gasteiger charge is 2.33. The second kappa shape index (κ2) is 5.78. The van der Waals surface area contributed by atoms with E-state index in [0.29, 0.717) is 23.1 Å². The van der Waals surface area contributed by atoms with E-state index in [4.69, 9.17) is 9.47 Å². The summed E-state index contributed by atoms with van der Waals surface area (Å²) < 4.78 is 38.2. The van der Waals surface area contributed by atoms with Crippen LogP contribution in [0.3, 0.4) is 0 Å². The largest absolute Gasteiger partial charge is 0.495 e. The average Bonchev–Trinajstić information content (AvgIpc) is 2.33. The summed E-state index contributed by atoms with van der Waals surface area (Å²) in [5, 5.41) is 0. The molecule has 1 saturated carbocycles. The topological polar surface area (TPSA) is 64.6 Å². The fourth-order valence-corrected chi connectivity index (χ4v) is 3.97. The Morgan fingerprint density at radius 3 is 2.58 bits per heavy atom. The van der Waals surface area contributed by atoms with Crippen molar-refractivity contribution in [2.45, 2.75) is 29.9 Å². The molecular formula is C12H16BrNO4S. The quantitative estimate of drug-likeness (QED) is 0.881. The second-order valence-electron chi connectivity index (χ2n) is 4.44. The highest BCUT2D eigenvalue weighted by Crippen LogP contribution is 2.29. The number of methoxy groups -OCH3 is 2. The number of nitrogens with one attached hydrogen (secondary N) is 1. The van der Waals surface area contributed by atoms with Gasteiger partial charge in [-0.1, -0.05) is 15.9 Å². The first-order valence-electron chi connectivity index (χ1n) is 5.85. The van der Waals surface area contributed by atoms with Gasteiger partial charge in [-0.15, -0.1) is 0 Å². The van der Waals surface area contributed by atoms with Crippen molar-refractivity contribution < 1.29 is 17.9 Å². The first-order valence-corrected chi connectivity index (χ1v) is 8.12. The van der Waals surface area contributed by atoms with E-state index >= 15 is 0 Å². The van der Waals surface area contributed by atoms with E-state index in [1.54, 1.807) is 19.2 Å². The fourth-order valence-electron chi connectivity index (χ4n) is 2.00. The van der Waals surface area contributed by atoms with Crippen molar-refractivity contribution in [3.8, 4) is 5.75 Å². The van der Waals surface area contributed by atoms with Gasteiger partial charge < -0.3 is 9.47 Å². The lowest BCUT2D eigenvalue weighted by Gasteiger charge is -2.34. The molecule has 0 unspecified atom stereocenters.